The monoisotopic (exact) mass is 392 g/mol. The molecule has 154 valence electrons. The molecule has 0 aliphatic carbocycles. The van der Waals surface area contributed by atoms with Gasteiger partial charge in [0.15, 0.2) is 5.96 Å². The standard InChI is InChI=1S/C24H32N4O/c1-18-17-28(16-14-23(18)21-7-5-4-6-8-21)24(25-3)26-15-13-20-9-11-22(12-10-20)27-19(2)29/h4-12,18,23H,13-17H2,1-3H3,(H,25,26)(H,27,29). The fourth-order valence-corrected chi connectivity index (χ4v) is 4.14. The van der Waals surface area contributed by atoms with E-state index in [-0.39, 0.29) is 5.91 Å². The van der Waals surface area contributed by atoms with Gasteiger partial charge in [0.1, 0.15) is 0 Å². The van der Waals surface area contributed by atoms with Gasteiger partial charge in [0.05, 0.1) is 0 Å². The zero-order chi connectivity index (χ0) is 20.6. The molecule has 5 nitrogen and oxygen atoms in total. The molecule has 0 aromatic heterocycles. The molecule has 0 spiro atoms. The molecule has 5 heteroatoms. The Kier molecular flexibility index (Phi) is 7.28. The van der Waals surface area contributed by atoms with Gasteiger partial charge in [-0.2, -0.15) is 0 Å². The molecule has 1 heterocycles. The van der Waals surface area contributed by atoms with Crippen LogP contribution in [0.2, 0.25) is 0 Å². The number of rotatable bonds is 5. The van der Waals surface area contributed by atoms with Gasteiger partial charge >= 0.3 is 0 Å². The second-order valence-electron chi connectivity index (χ2n) is 7.83. The number of guanidine groups is 1. The van der Waals surface area contributed by atoms with E-state index >= 15 is 0 Å². The summed E-state index contributed by atoms with van der Waals surface area (Å²) >= 11 is 0. The van der Waals surface area contributed by atoms with Crippen LogP contribution in [0.1, 0.15) is 37.3 Å². The Balaban J connectivity index is 1.49. The van der Waals surface area contributed by atoms with Gasteiger partial charge in [-0.05, 0) is 47.9 Å². The summed E-state index contributed by atoms with van der Waals surface area (Å²) in [5, 5.41) is 6.31. The van der Waals surface area contributed by atoms with Crippen LogP contribution in [0.25, 0.3) is 0 Å². The van der Waals surface area contributed by atoms with Crippen LogP contribution in [0.15, 0.2) is 59.6 Å². The largest absolute Gasteiger partial charge is 0.356 e. The average molecular weight is 393 g/mol. The molecule has 2 unspecified atom stereocenters. The van der Waals surface area contributed by atoms with E-state index in [1.165, 1.54) is 18.1 Å². The number of hydrogen-bond donors (Lipinski definition) is 2. The Labute approximate surface area is 174 Å². The number of likely N-dealkylation sites (tertiary alicyclic amines) is 1. The molecule has 0 bridgehead atoms. The lowest BCUT2D eigenvalue weighted by molar-refractivity contribution is -0.114. The topological polar surface area (TPSA) is 56.7 Å². The minimum Gasteiger partial charge on any atom is -0.356 e. The molecule has 2 atom stereocenters. The molecule has 0 saturated carbocycles. The lowest BCUT2D eigenvalue weighted by atomic mass is 9.82. The third kappa shape index (κ3) is 5.83. The first-order chi connectivity index (χ1) is 14.1. The minimum absolute atomic E-state index is 0.0477. The Morgan fingerprint density at radius 1 is 1.14 bits per heavy atom. The summed E-state index contributed by atoms with van der Waals surface area (Å²) in [6, 6.07) is 18.9. The van der Waals surface area contributed by atoms with Crippen LogP contribution in [0.5, 0.6) is 0 Å². The number of carbonyl (C=O) groups excluding carboxylic acids is 1. The molecule has 2 N–H and O–H groups in total. The van der Waals surface area contributed by atoms with Crippen LogP contribution in [0, 0.1) is 5.92 Å². The summed E-state index contributed by atoms with van der Waals surface area (Å²) in [5.41, 5.74) is 3.52. The zero-order valence-corrected chi connectivity index (χ0v) is 17.7. The van der Waals surface area contributed by atoms with Crippen LogP contribution in [-0.2, 0) is 11.2 Å². The highest BCUT2D eigenvalue weighted by atomic mass is 16.1. The number of piperidine rings is 1. The van der Waals surface area contributed by atoms with Gasteiger partial charge in [-0.15, -0.1) is 0 Å². The number of nitrogens with zero attached hydrogens (tertiary/aromatic N) is 2. The normalized spacial score (nSPS) is 19.7. The fraction of sp³-hybridized carbons (Fsp3) is 0.417. The van der Waals surface area contributed by atoms with Crippen molar-refractivity contribution >= 4 is 17.6 Å². The summed E-state index contributed by atoms with van der Waals surface area (Å²) in [6.45, 7) is 6.74. The Morgan fingerprint density at radius 2 is 1.86 bits per heavy atom. The average Bonchev–Trinajstić information content (AvgIpc) is 2.72. The van der Waals surface area contributed by atoms with E-state index in [1.807, 2.05) is 19.2 Å². The number of anilines is 1. The summed E-state index contributed by atoms with van der Waals surface area (Å²) < 4.78 is 0. The maximum Gasteiger partial charge on any atom is 0.221 e. The van der Waals surface area contributed by atoms with Crippen LogP contribution in [0.4, 0.5) is 5.69 Å². The first-order valence-corrected chi connectivity index (χ1v) is 10.4. The van der Waals surface area contributed by atoms with Crippen LogP contribution in [-0.4, -0.2) is 43.4 Å². The highest BCUT2D eigenvalue weighted by Crippen LogP contribution is 2.32. The van der Waals surface area contributed by atoms with Gasteiger partial charge in [-0.1, -0.05) is 49.4 Å². The van der Waals surface area contributed by atoms with Gasteiger partial charge in [0, 0.05) is 39.3 Å². The van der Waals surface area contributed by atoms with Crippen molar-refractivity contribution in [2.24, 2.45) is 10.9 Å². The van der Waals surface area contributed by atoms with Crippen molar-refractivity contribution in [3.8, 4) is 0 Å². The molecule has 29 heavy (non-hydrogen) atoms. The number of benzene rings is 2. The van der Waals surface area contributed by atoms with Gasteiger partial charge in [0.2, 0.25) is 5.91 Å². The Morgan fingerprint density at radius 3 is 2.48 bits per heavy atom. The maximum atomic E-state index is 11.1. The van der Waals surface area contributed by atoms with Gasteiger partial charge < -0.3 is 15.5 Å². The van der Waals surface area contributed by atoms with Crippen LogP contribution < -0.4 is 10.6 Å². The molecule has 1 aliphatic heterocycles. The fourth-order valence-electron chi connectivity index (χ4n) is 4.14. The predicted octanol–water partition coefficient (Wildman–Crippen LogP) is 3.89. The van der Waals surface area contributed by atoms with Gasteiger partial charge in [0.25, 0.3) is 0 Å². The molecular formula is C24H32N4O. The van der Waals surface area contributed by atoms with Gasteiger partial charge in [-0.25, -0.2) is 0 Å². The third-order valence-corrected chi connectivity index (χ3v) is 5.62. The van der Waals surface area contributed by atoms with E-state index in [9.17, 15) is 4.79 Å². The van der Waals surface area contributed by atoms with E-state index in [1.54, 1.807) is 0 Å². The number of hydrogen-bond acceptors (Lipinski definition) is 2. The van der Waals surface area contributed by atoms with E-state index < -0.39 is 0 Å². The van der Waals surface area contributed by atoms with Crippen LogP contribution >= 0.6 is 0 Å². The lowest BCUT2D eigenvalue weighted by Gasteiger charge is -2.39. The summed E-state index contributed by atoms with van der Waals surface area (Å²) in [4.78, 5) is 18.0. The lowest BCUT2D eigenvalue weighted by Crippen LogP contribution is -2.48. The molecule has 0 radical (unpaired) electrons. The second-order valence-corrected chi connectivity index (χ2v) is 7.83. The molecule has 1 amide bonds. The molecule has 2 aromatic rings. The predicted molar refractivity (Wildman–Crippen MR) is 120 cm³/mol. The number of aliphatic imine (C=N–C) groups is 1. The zero-order valence-electron chi connectivity index (χ0n) is 17.7. The third-order valence-electron chi connectivity index (χ3n) is 5.62. The summed E-state index contributed by atoms with van der Waals surface area (Å²) in [7, 11) is 1.86. The Bertz CT molecular complexity index is 817. The van der Waals surface area contributed by atoms with E-state index in [2.05, 4.69) is 69.9 Å². The summed E-state index contributed by atoms with van der Waals surface area (Å²) in [5.74, 6) is 2.14. The SMILES string of the molecule is CN=C(NCCc1ccc(NC(C)=O)cc1)N1CCC(c2ccccc2)C(C)C1. The second kappa shape index (κ2) is 10.1. The molecule has 1 saturated heterocycles. The van der Waals surface area contributed by atoms with E-state index in [0.29, 0.717) is 11.8 Å². The quantitative estimate of drug-likeness (QED) is 0.600. The molecular weight excluding hydrogens is 360 g/mol. The van der Waals surface area contributed by atoms with Crippen molar-refractivity contribution in [3.05, 3.63) is 65.7 Å². The molecule has 2 aromatic carbocycles. The first-order valence-electron chi connectivity index (χ1n) is 10.4. The highest BCUT2D eigenvalue weighted by molar-refractivity contribution is 5.88. The molecule has 1 aliphatic rings. The van der Waals surface area contributed by atoms with E-state index in [0.717, 1.165) is 44.1 Å². The highest BCUT2D eigenvalue weighted by Gasteiger charge is 2.28. The Hall–Kier alpha value is -2.82. The first kappa shape index (κ1) is 20.9. The van der Waals surface area contributed by atoms with E-state index in [4.69, 9.17) is 0 Å². The smallest absolute Gasteiger partial charge is 0.221 e. The van der Waals surface area contributed by atoms with Crippen LogP contribution in [0.3, 0.4) is 0 Å². The van der Waals surface area contributed by atoms with Crippen molar-refractivity contribution in [2.75, 3.05) is 32.0 Å². The number of carbonyl (C=O) groups is 1. The molecule has 3 rings (SSSR count). The van der Waals surface area contributed by atoms with Crippen molar-refractivity contribution < 1.29 is 4.79 Å². The minimum atomic E-state index is -0.0477. The number of nitrogens with one attached hydrogen (secondary N) is 2. The van der Waals surface area contributed by atoms with Crippen molar-refractivity contribution in [3.63, 3.8) is 0 Å². The summed E-state index contributed by atoms with van der Waals surface area (Å²) in [6.07, 6.45) is 2.06. The van der Waals surface area contributed by atoms with Crippen molar-refractivity contribution in [2.45, 2.75) is 32.6 Å². The maximum absolute atomic E-state index is 11.1. The number of amides is 1. The van der Waals surface area contributed by atoms with Crippen molar-refractivity contribution in [1.82, 2.24) is 10.2 Å². The van der Waals surface area contributed by atoms with Crippen molar-refractivity contribution in [1.29, 1.82) is 0 Å². The molecule has 1 fully saturated rings. The van der Waals surface area contributed by atoms with Gasteiger partial charge in [-0.3, -0.25) is 9.79 Å².